The van der Waals surface area contributed by atoms with Crippen molar-refractivity contribution in [3.05, 3.63) is 76.4 Å². The number of ketones is 1. The molecule has 1 saturated heterocycles. The van der Waals surface area contributed by atoms with Gasteiger partial charge < -0.3 is 16.0 Å². The van der Waals surface area contributed by atoms with E-state index in [1.54, 1.807) is 36.4 Å². The number of amides is 1. The first-order chi connectivity index (χ1) is 16.4. The van der Waals surface area contributed by atoms with Crippen molar-refractivity contribution >= 4 is 33.1 Å². The lowest BCUT2D eigenvalue weighted by atomic mass is 9.84. The van der Waals surface area contributed by atoms with E-state index in [2.05, 4.69) is 14.9 Å². The molecule has 1 aliphatic carbocycles. The van der Waals surface area contributed by atoms with Crippen LogP contribution in [0, 0.1) is 0 Å². The lowest BCUT2D eigenvalue weighted by Crippen LogP contribution is -2.37. The summed E-state index contributed by atoms with van der Waals surface area (Å²) in [4.78, 5) is 28.3. The van der Waals surface area contributed by atoms with Gasteiger partial charge in [0.15, 0.2) is 5.78 Å². The van der Waals surface area contributed by atoms with Gasteiger partial charge in [0.2, 0.25) is 10.0 Å². The average Bonchev–Trinajstić information content (AvgIpc) is 3.21. The molecule has 34 heavy (non-hydrogen) atoms. The number of sulfonamides is 1. The molecule has 5 rings (SSSR count). The summed E-state index contributed by atoms with van der Waals surface area (Å²) in [6, 6.07) is 13.0. The van der Waals surface area contributed by atoms with Gasteiger partial charge in [0.05, 0.1) is 27.4 Å². The molecule has 0 bridgehead atoms. The Morgan fingerprint density at radius 2 is 1.59 bits per heavy atom. The van der Waals surface area contributed by atoms with Crippen LogP contribution in [-0.2, 0) is 14.8 Å². The first-order valence-corrected chi connectivity index (χ1v) is 12.9. The molecular formula is C25H26N4O4S. The Balaban J connectivity index is 1.39. The normalized spacial score (nSPS) is 18.7. The van der Waals surface area contributed by atoms with Crippen molar-refractivity contribution in [3.8, 4) is 0 Å². The molecule has 176 valence electrons. The van der Waals surface area contributed by atoms with Gasteiger partial charge in [-0.2, -0.15) is 0 Å². The van der Waals surface area contributed by atoms with Crippen LogP contribution < -0.4 is 15.8 Å². The van der Waals surface area contributed by atoms with E-state index in [-0.39, 0.29) is 27.5 Å². The van der Waals surface area contributed by atoms with Gasteiger partial charge in [-0.25, -0.2) is 13.1 Å². The standard InChI is InChI=1S/C25H26N4O4S/c26-22-18-6-2-3-7-19(18)24(30)21-20(22)25(31)28-23(21)16-8-10-17(11-9-16)34(32,33)27-12-15-29-13-4-1-5-14-29/h2-3,6-11,27H,1,4-5,12-15,26H2,(H,28,31). The largest absolute Gasteiger partial charge is 0.398 e. The van der Waals surface area contributed by atoms with Crippen LogP contribution in [0.1, 0.15) is 40.7 Å². The summed E-state index contributed by atoms with van der Waals surface area (Å²) in [5, 5.41) is 2.75. The molecule has 1 amide bonds. The molecule has 1 fully saturated rings. The van der Waals surface area contributed by atoms with Gasteiger partial charge >= 0.3 is 0 Å². The molecule has 0 radical (unpaired) electrons. The molecule has 0 saturated carbocycles. The summed E-state index contributed by atoms with van der Waals surface area (Å²) in [6.45, 7) is 3.03. The quantitative estimate of drug-likeness (QED) is 0.583. The van der Waals surface area contributed by atoms with Crippen LogP contribution in [0.15, 0.2) is 64.6 Å². The maximum Gasteiger partial charge on any atom is 0.258 e. The number of fused-ring (bicyclic) bond motifs is 2. The molecule has 9 heteroatoms. The molecule has 2 heterocycles. The molecule has 0 atom stereocenters. The van der Waals surface area contributed by atoms with Crippen LogP contribution in [0.3, 0.4) is 0 Å². The van der Waals surface area contributed by atoms with Crippen LogP contribution in [0.2, 0.25) is 0 Å². The summed E-state index contributed by atoms with van der Waals surface area (Å²) in [5.41, 5.74) is 8.73. The van der Waals surface area contributed by atoms with E-state index in [9.17, 15) is 18.0 Å². The first-order valence-electron chi connectivity index (χ1n) is 11.4. The number of nitrogens with one attached hydrogen (secondary N) is 2. The third-order valence-corrected chi connectivity index (χ3v) is 8.02. The second-order valence-electron chi connectivity index (χ2n) is 8.69. The van der Waals surface area contributed by atoms with Crippen LogP contribution in [-0.4, -0.2) is 51.2 Å². The van der Waals surface area contributed by atoms with Crippen molar-refractivity contribution in [1.82, 2.24) is 14.9 Å². The van der Waals surface area contributed by atoms with E-state index in [0.29, 0.717) is 35.5 Å². The fraction of sp³-hybridized carbons (Fsp3) is 0.280. The molecule has 8 nitrogen and oxygen atoms in total. The van der Waals surface area contributed by atoms with Crippen LogP contribution in [0.25, 0.3) is 11.4 Å². The van der Waals surface area contributed by atoms with Gasteiger partial charge in [0.25, 0.3) is 5.91 Å². The van der Waals surface area contributed by atoms with E-state index >= 15 is 0 Å². The van der Waals surface area contributed by atoms with E-state index in [1.807, 2.05) is 0 Å². The van der Waals surface area contributed by atoms with Gasteiger partial charge in [-0.1, -0.05) is 42.8 Å². The number of nitrogens with zero attached hydrogens (tertiary/aromatic N) is 1. The lowest BCUT2D eigenvalue weighted by Gasteiger charge is -2.26. The van der Waals surface area contributed by atoms with E-state index < -0.39 is 15.9 Å². The van der Waals surface area contributed by atoms with Gasteiger partial charge in [0, 0.05) is 24.2 Å². The topological polar surface area (TPSA) is 122 Å². The Morgan fingerprint density at radius 3 is 2.29 bits per heavy atom. The number of nitrogens with two attached hydrogens (primary N) is 1. The highest BCUT2D eigenvalue weighted by Crippen LogP contribution is 2.39. The zero-order chi connectivity index (χ0) is 23.9. The second-order valence-corrected chi connectivity index (χ2v) is 10.5. The number of piperidine rings is 1. The Hall–Kier alpha value is -3.27. The molecule has 0 aromatic heterocycles. The van der Waals surface area contributed by atoms with Crippen molar-refractivity contribution in [2.45, 2.75) is 24.2 Å². The molecular weight excluding hydrogens is 452 g/mol. The molecule has 4 N–H and O–H groups in total. The van der Waals surface area contributed by atoms with Gasteiger partial charge in [0.1, 0.15) is 0 Å². The predicted octanol–water partition coefficient (Wildman–Crippen LogP) is 1.86. The summed E-state index contributed by atoms with van der Waals surface area (Å²) >= 11 is 0. The Morgan fingerprint density at radius 1 is 0.912 bits per heavy atom. The van der Waals surface area contributed by atoms with Gasteiger partial charge in [-0.3, -0.25) is 9.59 Å². The molecule has 0 spiro atoms. The summed E-state index contributed by atoms with van der Waals surface area (Å²) in [7, 11) is -3.67. The fourth-order valence-electron chi connectivity index (χ4n) is 4.77. The summed E-state index contributed by atoms with van der Waals surface area (Å²) in [5.74, 6) is -0.731. The predicted molar refractivity (Wildman–Crippen MR) is 129 cm³/mol. The van der Waals surface area contributed by atoms with Crippen molar-refractivity contribution in [1.29, 1.82) is 0 Å². The van der Waals surface area contributed by atoms with E-state index in [0.717, 1.165) is 25.9 Å². The number of Topliss-reactive ketones (excluding diaryl/α,β-unsaturated/α-hetero) is 1. The smallest absolute Gasteiger partial charge is 0.258 e. The van der Waals surface area contributed by atoms with Crippen LogP contribution >= 0.6 is 0 Å². The van der Waals surface area contributed by atoms with Gasteiger partial charge in [-0.05, 0) is 43.6 Å². The second kappa shape index (κ2) is 8.83. The SMILES string of the molecule is NC1=C2C(=O)NC(c3ccc(S(=O)(=O)NCCN4CCCCC4)cc3)=C2C(=O)c2ccccc21. The minimum Gasteiger partial charge on any atom is -0.398 e. The van der Waals surface area contributed by atoms with E-state index in [1.165, 1.54) is 18.6 Å². The molecule has 2 aromatic rings. The number of hydrogen-bond donors (Lipinski definition) is 3. The zero-order valence-electron chi connectivity index (χ0n) is 18.6. The zero-order valence-corrected chi connectivity index (χ0v) is 19.5. The number of hydrogen-bond acceptors (Lipinski definition) is 6. The highest BCUT2D eigenvalue weighted by atomic mass is 32.2. The number of rotatable bonds is 6. The van der Waals surface area contributed by atoms with Crippen LogP contribution in [0.5, 0.6) is 0 Å². The molecule has 2 aromatic carbocycles. The van der Waals surface area contributed by atoms with Crippen molar-refractivity contribution < 1.29 is 18.0 Å². The molecule has 0 unspecified atom stereocenters. The van der Waals surface area contributed by atoms with Crippen molar-refractivity contribution in [2.24, 2.45) is 5.73 Å². The Bertz CT molecular complexity index is 1340. The summed E-state index contributed by atoms with van der Waals surface area (Å²) < 4.78 is 28.1. The van der Waals surface area contributed by atoms with E-state index in [4.69, 9.17) is 5.73 Å². The third kappa shape index (κ3) is 3.96. The fourth-order valence-corrected chi connectivity index (χ4v) is 5.79. The van der Waals surface area contributed by atoms with Gasteiger partial charge in [-0.15, -0.1) is 0 Å². The first kappa shape index (κ1) is 22.5. The Kier molecular flexibility index (Phi) is 5.85. The third-order valence-electron chi connectivity index (χ3n) is 6.55. The number of likely N-dealkylation sites (tertiary alicyclic amines) is 1. The minimum atomic E-state index is -3.67. The molecule has 2 aliphatic heterocycles. The lowest BCUT2D eigenvalue weighted by molar-refractivity contribution is -0.115. The highest BCUT2D eigenvalue weighted by molar-refractivity contribution is 7.89. The maximum absolute atomic E-state index is 13.2. The monoisotopic (exact) mass is 478 g/mol. The summed E-state index contributed by atoms with van der Waals surface area (Å²) in [6.07, 6.45) is 3.54. The van der Waals surface area contributed by atoms with Crippen LogP contribution in [0.4, 0.5) is 0 Å². The molecule has 3 aliphatic rings. The number of carbonyl (C=O) groups is 2. The number of carbonyl (C=O) groups excluding carboxylic acids is 2. The number of benzene rings is 2. The Labute approximate surface area is 198 Å². The minimum absolute atomic E-state index is 0.125. The highest BCUT2D eigenvalue weighted by Gasteiger charge is 2.39. The van der Waals surface area contributed by atoms with Crippen molar-refractivity contribution in [3.63, 3.8) is 0 Å². The maximum atomic E-state index is 13.2. The average molecular weight is 479 g/mol. The van der Waals surface area contributed by atoms with Crippen molar-refractivity contribution in [2.75, 3.05) is 26.2 Å².